The molecule has 0 heterocycles. The van der Waals surface area contributed by atoms with E-state index < -0.39 is 0 Å². The highest BCUT2D eigenvalue weighted by atomic mass is 32.2. The summed E-state index contributed by atoms with van der Waals surface area (Å²) in [5.74, 6) is 1.75. The molecule has 0 radical (unpaired) electrons. The van der Waals surface area contributed by atoms with Gasteiger partial charge in [-0.25, -0.2) is 0 Å². The average Bonchev–Trinajstić information content (AvgIpc) is 1.98. The molecule has 0 aliphatic carbocycles. The molecule has 0 rings (SSSR count). The number of hydrogen-bond acceptors (Lipinski definition) is 3. The molecule has 1 unspecified atom stereocenters. The minimum absolute atomic E-state index is 0.163. The third-order valence-electron chi connectivity index (χ3n) is 1.23. The highest BCUT2D eigenvalue weighted by Crippen LogP contribution is 2.05. The molecule has 1 atom stereocenters. The van der Waals surface area contributed by atoms with Gasteiger partial charge in [-0.15, -0.1) is 0 Å². The molecule has 2 N–H and O–H groups in total. The van der Waals surface area contributed by atoms with Gasteiger partial charge in [-0.05, 0) is 18.6 Å². The van der Waals surface area contributed by atoms with E-state index in [4.69, 9.17) is 10.2 Å². The summed E-state index contributed by atoms with van der Waals surface area (Å²) in [4.78, 5) is 0. The topological polar surface area (TPSA) is 40.5 Å². The number of aliphatic hydroxyl groups excluding tert-OH is 2. The lowest BCUT2D eigenvalue weighted by molar-refractivity contribution is 0.195. The Labute approximate surface area is 66.6 Å². The standard InChI is InChI=1S/C7H16O2S/c1-2-7(9)6-10-5-3-4-8/h7-9H,2-6H2,1H3. The van der Waals surface area contributed by atoms with Crippen LogP contribution in [0.15, 0.2) is 0 Å². The van der Waals surface area contributed by atoms with Crippen LogP contribution in [0, 0.1) is 0 Å². The lowest BCUT2D eigenvalue weighted by Gasteiger charge is -2.05. The molecule has 3 heteroatoms. The molecule has 0 fully saturated rings. The second kappa shape index (κ2) is 7.38. The van der Waals surface area contributed by atoms with Crippen LogP contribution in [-0.4, -0.2) is 34.4 Å². The second-order valence-electron chi connectivity index (χ2n) is 2.21. The van der Waals surface area contributed by atoms with Crippen molar-refractivity contribution in [1.29, 1.82) is 0 Å². The summed E-state index contributed by atoms with van der Waals surface area (Å²) in [6.07, 6.45) is 1.50. The summed E-state index contributed by atoms with van der Waals surface area (Å²) in [6.45, 7) is 2.23. The SMILES string of the molecule is CCC(O)CSCCCO. The van der Waals surface area contributed by atoms with Gasteiger partial charge in [-0.2, -0.15) is 11.8 Å². The summed E-state index contributed by atoms with van der Waals surface area (Å²) in [5, 5.41) is 17.5. The summed E-state index contributed by atoms with van der Waals surface area (Å²) in [7, 11) is 0. The van der Waals surface area contributed by atoms with E-state index in [9.17, 15) is 0 Å². The Hall–Kier alpha value is 0.270. The third-order valence-corrected chi connectivity index (χ3v) is 2.43. The fourth-order valence-corrected chi connectivity index (χ4v) is 1.51. The molecule has 0 bridgehead atoms. The number of thioether (sulfide) groups is 1. The number of rotatable bonds is 6. The summed E-state index contributed by atoms with van der Waals surface area (Å²) < 4.78 is 0. The predicted molar refractivity (Wildman–Crippen MR) is 45.3 cm³/mol. The van der Waals surface area contributed by atoms with Gasteiger partial charge >= 0.3 is 0 Å². The Balaban J connectivity index is 2.89. The summed E-state index contributed by atoms with van der Waals surface area (Å²) in [6, 6.07) is 0. The van der Waals surface area contributed by atoms with Gasteiger partial charge in [0.15, 0.2) is 0 Å². The largest absolute Gasteiger partial charge is 0.396 e. The van der Waals surface area contributed by atoms with Crippen molar-refractivity contribution in [2.24, 2.45) is 0 Å². The van der Waals surface area contributed by atoms with Gasteiger partial charge in [0.05, 0.1) is 6.10 Å². The van der Waals surface area contributed by atoms with Crippen LogP contribution in [0.5, 0.6) is 0 Å². The minimum Gasteiger partial charge on any atom is -0.396 e. The van der Waals surface area contributed by atoms with E-state index in [1.165, 1.54) is 0 Å². The van der Waals surface area contributed by atoms with E-state index in [1.807, 2.05) is 6.92 Å². The van der Waals surface area contributed by atoms with Crippen LogP contribution in [0.1, 0.15) is 19.8 Å². The first-order valence-corrected chi connectivity index (χ1v) is 4.83. The highest BCUT2D eigenvalue weighted by molar-refractivity contribution is 7.99. The van der Waals surface area contributed by atoms with Gasteiger partial charge in [0, 0.05) is 12.4 Å². The molecular weight excluding hydrogens is 148 g/mol. The van der Waals surface area contributed by atoms with Crippen molar-refractivity contribution in [3.63, 3.8) is 0 Å². The van der Waals surface area contributed by atoms with E-state index in [1.54, 1.807) is 11.8 Å². The van der Waals surface area contributed by atoms with Gasteiger partial charge < -0.3 is 10.2 Å². The summed E-state index contributed by atoms with van der Waals surface area (Å²) in [5.41, 5.74) is 0. The van der Waals surface area contributed by atoms with Crippen molar-refractivity contribution >= 4 is 11.8 Å². The second-order valence-corrected chi connectivity index (χ2v) is 3.36. The van der Waals surface area contributed by atoms with Crippen molar-refractivity contribution in [3.05, 3.63) is 0 Å². The van der Waals surface area contributed by atoms with Gasteiger partial charge in [-0.1, -0.05) is 6.92 Å². The Morgan fingerprint density at radius 3 is 2.70 bits per heavy atom. The molecule has 0 aliphatic heterocycles. The van der Waals surface area contributed by atoms with E-state index in [2.05, 4.69) is 0 Å². The molecular formula is C7H16O2S. The Kier molecular flexibility index (Phi) is 7.58. The number of aliphatic hydroxyl groups is 2. The van der Waals surface area contributed by atoms with Crippen molar-refractivity contribution in [2.45, 2.75) is 25.9 Å². The summed E-state index contributed by atoms with van der Waals surface area (Å²) >= 11 is 1.70. The fraction of sp³-hybridized carbons (Fsp3) is 1.00. The van der Waals surface area contributed by atoms with Crippen LogP contribution in [0.3, 0.4) is 0 Å². The van der Waals surface area contributed by atoms with Crippen LogP contribution in [0.2, 0.25) is 0 Å². The van der Waals surface area contributed by atoms with Gasteiger partial charge in [0.25, 0.3) is 0 Å². The molecule has 2 nitrogen and oxygen atoms in total. The first kappa shape index (κ1) is 10.3. The van der Waals surface area contributed by atoms with Crippen LogP contribution >= 0.6 is 11.8 Å². The quantitative estimate of drug-likeness (QED) is 0.572. The normalized spacial score (nSPS) is 13.5. The zero-order chi connectivity index (χ0) is 7.82. The van der Waals surface area contributed by atoms with E-state index >= 15 is 0 Å². The molecule has 0 saturated heterocycles. The van der Waals surface area contributed by atoms with E-state index in [0.29, 0.717) is 0 Å². The maximum Gasteiger partial charge on any atom is 0.0628 e. The molecule has 0 saturated carbocycles. The van der Waals surface area contributed by atoms with Crippen molar-refractivity contribution in [2.75, 3.05) is 18.1 Å². The minimum atomic E-state index is -0.163. The van der Waals surface area contributed by atoms with Crippen LogP contribution in [0.25, 0.3) is 0 Å². The molecule has 0 spiro atoms. The van der Waals surface area contributed by atoms with Crippen molar-refractivity contribution in [1.82, 2.24) is 0 Å². The lowest BCUT2D eigenvalue weighted by Crippen LogP contribution is -2.07. The predicted octanol–water partition coefficient (Wildman–Crippen LogP) is 0.873. The van der Waals surface area contributed by atoms with Crippen LogP contribution in [0.4, 0.5) is 0 Å². The van der Waals surface area contributed by atoms with E-state index in [0.717, 1.165) is 24.3 Å². The lowest BCUT2D eigenvalue weighted by atomic mass is 10.3. The van der Waals surface area contributed by atoms with E-state index in [-0.39, 0.29) is 12.7 Å². The van der Waals surface area contributed by atoms with Crippen molar-refractivity contribution in [3.8, 4) is 0 Å². The zero-order valence-corrected chi connectivity index (χ0v) is 7.23. The fourth-order valence-electron chi connectivity index (χ4n) is 0.504. The Morgan fingerprint density at radius 1 is 1.50 bits per heavy atom. The molecule has 62 valence electrons. The first-order valence-electron chi connectivity index (χ1n) is 3.68. The van der Waals surface area contributed by atoms with Gasteiger partial charge in [0.1, 0.15) is 0 Å². The monoisotopic (exact) mass is 164 g/mol. The van der Waals surface area contributed by atoms with Crippen LogP contribution < -0.4 is 0 Å². The highest BCUT2D eigenvalue weighted by Gasteiger charge is 1.98. The molecule has 0 amide bonds. The molecule has 0 aromatic heterocycles. The average molecular weight is 164 g/mol. The first-order chi connectivity index (χ1) is 4.81. The maximum atomic E-state index is 9.07. The smallest absolute Gasteiger partial charge is 0.0628 e. The Morgan fingerprint density at radius 2 is 2.20 bits per heavy atom. The molecule has 0 aliphatic rings. The van der Waals surface area contributed by atoms with Crippen molar-refractivity contribution < 1.29 is 10.2 Å². The molecule has 10 heavy (non-hydrogen) atoms. The molecule has 0 aromatic carbocycles. The number of hydrogen-bond donors (Lipinski definition) is 2. The third kappa shape index (κ3) is 6.39. The van der Waals surface area contributed by atoms with Gasteiger partial charge in [-0.3, -0.25) is 0 Å². The molecule has 0 aromatic rings. The zero-order valence-electron chi connectivity index (χ0n) is 6.42. The van der Waals surface area contributed by atoms with Gasteiger partial charge in [0.2, 0.25) is 0 Å². The van der Waals surface area contributed by atoms with Crippen LogP contribution in [-0.2, 0) is 0 Å². The Bertz CT molecular complexity index is 68.6. The maximum absolute atomic E-state index is 9.07.